The molecule has 0 aliphatic heterocycles. The molecular formula is C13H21NO2. The van der Waals surface area contributed by atoms with Gasteiger partial charge in [-0.1, -0.05) is 0 Å². The Balaban J connectivity index is 2.75. The second kappa shape index (κ2) is 6.38. The molecule has 0 saturated heterocycles. The molecule has 0 saturated carbocycles. The molecular weight excluding hydrogens is 202 g/mol. The van der Waals surface area contributed by atoms with Crippen LogP contribution >= 0.6 is 0 Å². The molecule has 0 aliphatic carbocycles. The number of rotatable bonds is 6. The van der Waals surface area contributed by atoms with Gasteiger partial charge in [-0.25, -0.2) is 0 Å². The van der Waals surface area contributed by atoms with Gasteiger partial charge in [0.25, 0.3) is 0 Å². The van der Waals surface area contributed by atoms with E-state index in [9.17, 15) is 0 Å². The van der Waals surface area contributed by atoms with Crippen LogP contribution in [0.15, 0.2) is 12.1 Å². The summed E-state index contributed by atoms with van der Waals surface area (Å²) in [5.41, 5.74) is 3.51. The van der Waals surface area contributed by atoms with E-state index in [1.807, 2.05) is 6.92 Å². The maximum absolute atomic E-state index is 5.55. The first kappa shape index (κ1) is 12.8. The highest BCUT2D eigenvalue weighted by molar-refractivity contribution is 5.56. The van der Waals surface area contributed by atoms with Gasteiger partial charge in [0.1, 0.15) is 5.75 Å². The van der Waals surface area contributed by atoms with Crippen molar-refractivity contribution in [2.75, 3.05) is 32.2 Å². The minimum atomic E-state index is 0.705. The van der Waals surface area contributed by atoms with E-state index in [1.54, 1.807) is 7.11 Å². The van der Waals surface area contributed by atoms with E-state index < -0.39 is 0 Å². The van der Waals surface area contributed by atoms with E-state index in [-0.39, 0.29) is 0 Å². The Morgan fingerprint density at radius 3 is 2.56 bits per heavy atom. The second-order valence-corrected chi connectivity index (χ2v) is 3.79. The third kappa shape index (κ3) is 3.42. The first-order valence-electron chi connectivity index (χ1n) is 5.66. The van der Waals surface area contributed by atoms with Crippen molar-refractivity contribution in [3.05, 3.63) is 23.3 Å². The van der Waals surface area contributed by atoms with E-state index in [0.717, 1.165) is 23.5 Å². The van der Waals surface area contributed by atoms with Crippen molar-refractivity contribution < 1.29 is 9.47 Å². The van der Waals surface area contributed by atoms with Crippen molar-refractivity contribution in [2.24, 2.45) is 0 Å². The largest absolute Gasteiger partial charge is 0.494 e. The third-order valence-electron chi connectivity index (χ3n) is 2.44. The maximum Gasteiger partial charge on any atom is 0.122 e. The van der Waals surface area contributed by atoms with E-state index in [0.29, 0.717) is 13.2 Å². The van der Waals surface area contributed by atoms with Gasteiger partial charge in [0.05, 0.1) is 13.2 Å². The second-order valence-electron chi connectivity index (χ2n) is 3.79. The highest BCUT2D eigenvalue weighted by atomic mass is 16.5. The Morgan fingerprint density at radius 1 is 1.19 bits per heavy atom. The first-order valence-corrected chi connectivity index (χ1v) is 5.66. The van der Waals surface area contributed by atoms with Crippen LogP contribution in [0.25, 0.3) is 0 Å². The van der Waals surface area contributed by atoms with E-state index in [1.165, 1.54) is 5.56 Å². The maximum atomic E-state index is 5.55. The van der Waals surface area contributed by atoms with Crippen LogP contribution in [0.2, 0.25) is 0 Å². The van der Waals surface area contributed by atoms with Crippen LogP contribution in [-0.2, 0) is 4.74 Å². The lowest BCUT2D eigenvalue weighted by atomic mass is 10.1. The van der Waals surface area contributed by atoms with Crippen LogP contribution in [0.1, 0.15) is 18.1 Å². The van der Waals surface area contributed by atoms with Crippen molar-refractivity contribution >= 4 is 5.69 Å². The van der Waals surface area contributed by atoms with Gasteiger partial charge in [-0.05, 0) is 44.0 Å². The van der Waals surface area contributed by atoms with Crippen LogP contribution in [-0.4, -0.2) is 26.9 Å². The molecule has 1 aromatic rings. The number of hydrogen-bond acceptors (Lipinski definition) is 3. The zero-order valence-electron chi connectivity index (χ0n) is 10.6. The van der Waals surface area contributed by atoms with Crippen molar-refractivity contribution in [3.8, 4) is 5.75 Å². The van der Waals surface area contributed by atoms with Crippen molar-refractivity contribution in [2.45, 2.75) is 20.8 Å². The monoisotopic (exact) mass is 223 g/mol. The van der Waals surface area contributed by atoms with E-state index in [2.05, 4.69) is 31.3 Å². The van der Waals surface area contributed by atoms with Crippen LogP contribution in [0.5, 0.6) is 5.75 Å². The van der Waals surface area contributed by atoms with Crippen LogP contribution < -0.4 is 10.1 Å². The summed E-state index contributed by atoms with van der Waals surface area (Å²) in [6.07, 6.45) is 0. The van der Waals surface area contributed by atoms with Gasteiger partial charge in [-0.15, -0.1) is 0 Å². The summed E-state index contributed by atoms with van der Waals surface area (Å²) < 4.78 is 10.6. The Bertz CT molecular complexity index is 337. The molecule has 1 rings (SSSR count). The highest BCUT2D eigenvalue weighted by Crippen LogP contribution is 2.26. The summed E-state index contributed by atoms with van der Waals surface area (Å²) in [4.78, 5) is 0. The van der Waals surface area contributed by atoms with Gasteiger partial charge >= 0.3 is 0 Å². The quantitative estimate of drug-likeness (QED) is 0.752. The average Bonchev–Trinajstić information content (AvgIpc) is 2.25. The Kier molecular flexibility index (Phi) is 5.12. The number of methoxy groups -OCH3 is 1. The number of nitrogens with one attached hydrogen (secondary N) is 1. The predicted octanol–water partition coefficient (Wildman–Crippen LogP) is 2.76. The summed E-state index contributed by atoms with van der Waals surface area (Å²) in [6.45, 7) is 8.38. The van der Waals surface area contributed by atoms with Crippen molar-refractivity contribution in [1.82, 2.24) is 0 Å². The minimum Gasteiger partial charge on any atom is -0.494 e. The summed E-state index contributed by atoms with van der Waals surface area (Å²) in [5, 5.41) is 3.34. The molecule has 0 unspecified atom stereocenters. The third-order valence-corrected chi connectivity index (χ3v) is 2.44. The topological polar surface area (TPSA) is 30.5 Å². The Hall–Kier alpha value is -1.22. The van der Waals surface area contributed by atoms with E-state index >= 15 is 0 Å². The molecule has 0 bridgehead atoms. The lowest BCUT2D eigenvalue weighted by Crippen LogP contribution is -2.09. The molecule has 3 heteroatoms. The number of anilines is 1. The SMILES string of the molecule is CCOc1cc(C)c(NCCOC)cc1C. The van der Waals surface area contributed by atoms with Crippen LogP contribution in [0.3, 0.4) is 0 Å². The highest BCUT2D eigenvalue weighted by Gasteiger charge is 2.04. The van der Waals surface area contributed by atoms with Crippen molar-refractivity contribution in [3.63, 3.8) is 0 Å². The van der Waals surface area contributed by atoms with Gasteiger partial charge < -0.3 is 14.8 Å². The van der Waals surface area contributed by atoms with E-state index in [4.69, 9.17) is 9.47 Å². The first-order chi connectivity index (χ1) is 7.69. The molecule has 16 heavy (non-hydrogen) atoms. The minimum absolute atomic E-state index is 0.705. The van der Waals surface area contributed by atoms with Gasteiger partial charge in [-0.3, -0.25) is 0 Å². The zero-order valence-corrected chi connectivity index (χ0v) is 10.6. The molecule has 1 N–H and O–H groups in total. The summed E-state index contributed by atoms with van der Waals surface area (Å²) in [6, 6.07) is 4.20. The number of ether oxygens (including phenoxy) is 2. The molecule has 1 aromatic carbocycles. The number of benzene rings is 1. The molecule has 0 amide bonds. The van der Waals surface area contributed by atoms with Crippen molar-refractivity contribution in [1.29, 1.82) is 0 Å². The fraction of sp³-hybridized carbons (Fsp3) is 0.538. The zero-order chi connectivity index (χ0) is 12.0. The molecule has 0 radical (unpaired) electrons. The number of hydrogen-bond donors (Lipinski definition) is 1. The predicted molar refractivity (Wildman–Crippen MR) is 67.5 cm³/mol. The molecule has 0 aromatic heterocycles. The standard InChI is InChI=1S/C13H21NO2/c1-5-16-13-9-10(2)12(8-11(13)3)14-6-7-15-4/h8-9,14H,5-7H2,1-4H3. The molecule has 0 spiro atoms. The molecule has 0 heterocycles. The van der Waals surface area contributed by atoms with Gasteiger partial charge in [0.15, 0.2) is 0 Å². The molecule has 0 fully saturated rings. The molecule has 90 valence electrons. The summed E-state index contributed by atoms with van der Waals surface area (Å²) in [5.74, 6) is 0.970. The molecule has 0 aliphatic rings. The average molecular weight is 223 g/mol. The Morgan fingerprint density at radius 2 is 1.94 bits per heavy atom. The summed E-state index contributed by atoms with van der Waals surface area (Å²) >= 11 is 0. The smallest absolute Gasteiger partial charge is 0.122 e. The van der Waals surface area contributed by atoms with Gasteiger partial charge in [0.2, 0.25) is 0 Å². The lowest BCUT2D eigenvalue weighted by Gasteiger charge is -2.13. The van der Waals surface area contributed by atoms with Gasteiger partial charge in [0, 0.05) is 19.3 Å². The summed E-state index contributed by atoms with van der Waals surface area (Å²) in [7, 11) is 1.71. The lowest BCUT2D eigenvalue weighted by molar-refractivity contribution is 0.211. The normalized spacial score (nSPS) is 10.2. The fourth-order valence-electron chi connectivity index (χ4n) is 1.58. The number of aryl methyl sites for hydroxylation is 2. The van der Waals surface area contributed by atoms with Crippen LogP contribution in [0.4, 0.5) is 5.69 Å². The molecule has 0 atom stereocenters. The fourth-order valence-corrected chi connectivity index (χ4v) is 1.58. The molecule has 3 nitrogen and oxygen atoms in total. The Labute approximate surface area is 97.8 Å². The van der Waals surface area contributed by atoms with Gasteiger partial charge in [-0.2, -0.15) is 0 Å². The van der Waals surface area contributed by atoms with Crippen LogP contribution in [0, 0.1) is 13.8 Å².